The zero-order valence-corrected chi connectivity index (χ0v) is 9.78. The lowest BCUT2D eigenvalue weighted by Crippen LogP contribution is -2.05. The number of aromatic nitrogens is 4. The van der Waals surface area contributed by atoms with Gasteiger partial charge in [-0.1, -0.05) is 0 Å². The van der Waals surface area contributed by atoms with E-state index in [9.17, 15) is 0 Å². The Kier molecular flexibility index (Phi) is 2.87. The maximum atomic E-state index is 5.02. The Balaban J connectivity index is 2.12. The van der Waals surface area contributed by atoms with E-state index in [2.05, 4.69) is 24.4 Å². The number of fused-ring (bicyclic) bond motifs is 3. The highest BCUT2D eigenvalue weighted by atomic mass is 16.6. The fourth-order valence-electron chi connectivity index (χ4n) is 2.05. The Hall–Kier alpha value is -2.05. The topological polar surface area (TPSA) is 78.9 Å². The van der Waals surface area contributed by atoms with Gasteiger partial charge in [-0.05, 0) is 18.6 Å². The Morgan fingerprint density at radius 1 is 1.22 bits per heavy atom. The largest absolute Gasteiger partial charge is 0.329 e. The van der Waals surface area contributed by atoms with E-state index in [4.69, 9.17) is 5.90 Å². The van der Waals surface area contributed by atoms with Crippen molar-refractivity contribution in [2.24, 2.45) is 5.90 Å². The van der Waals surface area contributed by atoms with Gasteiger partial charge in [0.05, 0.1) is 30.2 Å². The average molecular weight is 243 g/mol. The number of imidazole rings is 1. The molecule has 0 amide bonds. The number of pyridine rings is 2. The number of nitrogens with two attached hydrogens (primary N) is 1. The van der Waals surface area contributed by atoms with Gasteiger partial charge in [0.2, 0.25) is 0 Å². The van der Waals surface area contributed by atoms with Gasteiger partial charge in [0.1, 0.15) is 11.0 Å². The van der Waals surface area contributed by atoms with Gasteiger partial charge >= 0.3 is 0 Å². The summed E-state index contributed by atoms with van der Waals surface area (Å²) in [5, 5.41) is 0. The quantitative estimate of drug-likeness (QED) is 0.551. The summed E-state index contributed by atoms with van der Waals surface area (Å²) in [6.07, 6.45) is 6.18. The first-order valence-electron chi connectivity index (χ1n) is 5.76. The molecule has 0 radical (unpaired) electrons. The molecule has 0 bridgehead atoms. The Morgan fingerprint density at radius 2 is 2.17 bits per heavy atom. The Morgan fingerprint density at radius 3 is 3.06 bits per heavy atom. The van der Waals surface area contributed by atoms with Gasteiger partial charge in [-0.3, -0.25) is 9.97 Å². The molecule has 0 aromatic carbocycles. The molecule has 2 N–H and O–H groups in total. The molecule has 0 aliphatic heterocycles. The van der Waals surface area contributed by atoms with Crippen molar-refractivity contribution < 1.29 is 4.84 Å². The maximum Gasteiger partial charge on any atom is 0.115 e. The van der Waals surface area contributed by atoms with Crippen LogP contribution in [0.5, 0.6) is 0 Å². The summed E-state index contributed by atoms with van der Waals surface area (Å²) < 4.78 is 2.06. The van der Waals surface area contributed by atoms with Gasteiger partial charge in [-0.25, -0.2) is 10.9 Å². The molecule has 0 unspecified atom stereocenters. The van der Waals surface area contributed by atoms with Gasteiger partial charge in [0, 0.05) is 12.7 Å². The highest BCUT2D eigenvalue weighted by Gasteiger charge is 2.08. The fraction of sp³-hybridized carbons (Fsp3) is 0.250. The fourth-order valence-corrected chi connectivity index (χ4v) is 2.05. The third-order valence-corrected chi connectivity index (χ3v) is 2.86. The van der Waals surface area contributed by atoms with Crippen molar-refractivity contribution in [2.75, 3.05) is 6.61 Å². The molecule has 3 heterocycles. The lowest BCUT2D eigenvalue weighted by molar-refractivity contribution is 0.132. The zero-order chi connectivity index (χ0) is 12.4. The lowest BCUT2D eigenvalue weighted by Gasteiger charge is -2.05. The van der Waals surface area contributed by atoms with E-state index in [0.29, 0.717) is 6.61 Å². The number of hydrogen-bond acceptors (Lipinski definition) is 5. The van der Waals surface area contributed by atoms with Gasteiger partial charge in [-0.2, -0.15) is 0 Å². The van der Waals surface area contributed by atoms with Crippen molar-refractivity contribution in [3.8, 4) is 0 Å². The molecule has 0 saturated heterocycles. The molecule has 3 rings (SSSR count). The molecule has 0 aliphatic rings. The van der Waals surface area contributed by atoms with E-state index in [1.165, 1.54) is 0 Å². The second-order valence-electron chi connectivity index (χ2n) is 4.03. The first-order chi connectivity index (χ1) is 8.90. The molecule has 3 aromatic heterocycles. The predicted octanol–water partition coefficient (Wildman–Crippen LogP) is 1.26. The lowest BCUT2D eigenvalue weighted by atomic mass is 10.3. The van der Waals surface area contributed by atoms with Crippen LogP contribution >= 0.6 is 0 Å². The van der Waals surface area contributed by atoms with Crippen LogP contribution in [0.25, 0.3) is 22.1 Å². The van der Waals surface area contributed by atoms with E-state index in [1.54, 1.807) is 18.7 Å². The summed E-state index contributed by atoms with van der Waals surface area (Å²) in [6, 6.07) is 3.83. The summed E-state index contributed by atoms with van der Waals surface area (Å²) in [6.45, 7) is 1.32. The maximum absolute atomic E-state index is 5.02. The summed E-state index contributed by atoms with van der Waals surface area (Å²) in [5.41, 5.74) is 3.62. The van der Waals surface area contributed by atoms with Crippen LogP contribution in [0.1, 0.15) is 6.42 Å². The molecular weight excluding hydrogens is 230 g/mol. The van der Waals surface area contributed by atoms with Crippen LogP contribution in [0.4, 0.5) is 0 Å². The van der Waals surface area contributed by atoms with Crippen LogP contribution < -0.4 is 5.90 Å². The van der Waals surface area contributed by atoms with Gasteiger partial charge in [0.25, 0.3) is 0 Å². The molecule has 0 aliphatic carbocycles. The monoisotopic (exact) mass is 243 g/mol. The normalized spacial score (nSPS) is 11.4. The van der Waals surface area contributed by atoms with Crippen molar-refractivity contribution >= 4 is 22.1 Å². The predicted molar refractivity (Wildman–Crippen MR) is 67.6 cm³/mol. The SMILES string of the molecule is NOCCCn1cnc2cnc3cccnc3c21. The van der Waals surface area contributed by atoms with Crippen molar-refractivity contribution in [3.63, 3.8) is 0 Å². The second kappa shape index (κ2) is 4.67. The van der Waals surface area contributed by atoms with Crippen molar-refractivity contribution in [3.05, 3.63) is 30.9 Å². The number of aryl methyl sites for hydroxylation is 1. The van der Waals surface area contributed by atoms with E-state index in [0.717, 1.165) is 35.0 Å². The van der Waals surface area contributed by atoms with Gasteiger partial charge in [0.15, 0.2) is 0 Å². The van der Waals surface area contributed by atoms with Crippen LogP contribution in [0.15, 0.2) is 30.9 Å². The van der Waals surface area contributed by atoms with E-state index in [1.807, 2.05) is 12.1 Å². The summed E-state index contributed by atoms with van der Waals surface area (Å²) in [5.74, 6) is 5.02. The van der Waals surface area contributed by atoms with Crippen molar-refractivity contribution in [2.45, 2.75) is 13.0 Å². The minimum atomic E-state index is 0.524. The molecule has 3 aromatic rings. The van der Waals surface area contributed by atoms with Gasteiger partial charge in [-0.15, -0.1) is 0 Å². The van der Waals surface area contributed by atoms with E-state index >= 15 is 0 Å². The molecule has 0 fully saturated rings. The summed E-state index contributed by atoms with van der Waals surface area (Å²) in [7, 11) is 0. The molecule has 0 atom stereocenters. The Labute approximate surface area is 103 Å². The summed E-state index contributed by atoms with van der Waals surface area (Å²) in [4.78, 5) is 17.6. The number of hydrogen-bond donors (Lipinski definition) is 1. The third-order valence-electron chi connectivity index (χ3n) is 2.86. The molecular formula is C12H13N5O. The summed E-state index contributed by atoms with van der Waals surface area (Å²) >= 11 is 0. The highest BCUT2D eigenvalue weighted by molar-refractivity contribution is 5.99. The molecule has 18 heavy (non-hydrogen) atoms. The third kappa shape index (κ3) is 1.81. The number of rotatable bonds is 4. The zero-order valence-electron chi connectivity index (χ0n) is 9.78. The average Bonchev–Trinajstić information content (AvgIpc) is 2.83. The van der Waals surface area contributed by atoms with E-state index < -0.39 is 0 Å². The van der Waals surface area contributed by atoms with Crippen molar-refractivity contribution in [1.82, 2.24) is 19.5 Å². The van der Waals surface area contributed by atoms with Crippen LogP contribution in [-0.2, 0) is 11.4 Å². The van der Waals surface area contributed by atoms with Crippen LogP contribution in [0.3, 0.4) is 0 Å². The number of nitrogens with zero attached hydrogens (tertiary/aromatic N) is 4. The smallest absolute Gasteiger partial charge is 0.115 e. The Bertz CT molecular complexity index is 678. The van der Waals surface area contributed by atoms with Crippen LogP contribution in [0.2, 0.25) is 0 Å². The molecule has 92 valence electrons. The standard InChI is InChI=1S/C12H13N5O/c13-18-6-2-5-17-8-16-10-7-15-9-3-1-4-14-11(9)12(10)17/h1,3-4,7-8H,2,5-6,13H2. The highest BCUT2D eigenvalue weighted by Crippen LogP contribution is 2.20. The second-order valence-corrected chi connectivity index (χ2v) is 4.03. The van der Waals surface area contributed by atoms with E-state index in [-0.39, 0.29) is 0 Å². The molecule has 0 spiro atoms. The minimum Gasteiger partial charge on any atom is -0.329 e. The van der Waals surface area contributed by atoms with Crippen LogP contribution in [0, 0.1) is 0 Å². The first kappa shape index (κ1) is 11.1. The first-order valence-corrected chi connectivity index (χ1v) is 5.76. The van der Waals surface area contributed by atoms with Crippen molar-refractivity contribution in [1.29, 1.82) is 0 Å². The molecule has 6 heteroatoms. The minimum absolute atomic E-state index is 0.524. The molecule has 6 nitrogen and oxygen atoms in total. The van der Waals surface area contributed by atoms with Gasteiger partial charge < -0.3 is 9.40 Å². The molecule has 0 saturated carbocycles. The van der Waals surface area contributed by atoms with Crippen LogP contribution in [-0.4, -0.2) is 26.1 Å².